The molecule has 0 saturated heterocycles. The van der Waals surface area contributed by atoms with Gasteiger partial charge in [0.05, 0.1) is 12.7 Å². The van der Waals surface area contributed by atoms with Gasteiger partial charge in [0.1, 0.15) is 12.4 Å². The van der Waals surface area contributed by atoms with Crippen molar-refractivity contribution in [3.05, 3.63) is 36.9 Å². The predicted molar refractivity (Wildman–Crippen MR) is 63.7 cm³/mol. The number of benzene rings is 1. The van der Waals surface area contributed by atoms with Gasteiger partial charge in [0, 0.05) is 12.2 Å². The van der Waals surface area contributed by atoms with Gasteiger partial charge in [-0.15, -0.1) is 0 Å². The topological polar surface area (TPSA) is 61.7 Å². The van der Waals surface area contributed by atoms with E-state index in [9.17, 15) is 0 Å². The number of hydrogen-bond donors (Lipinski definition) is 3. The lowest BCUT2D eigenvalue weighted by Gasteiger charge is -2.10. The van der Waals surface area contributed by atoms with E-state index in [1.807, 2.05) is 24.3 Å². The maximum Gasteiger partial charge on any atom is 0.119 e. The highest BCUT2D eigenvalue weighted by Gasteiger charge is 2.01. The number of aliphatic hydroxyl groups excluding tert-OH is 2. The quantitative estimate of drug-likeness (QED) is 0.604. The summed E-state index contributed by atoms with van der Waals surface area (Å²) < 4.78 is 5.32. The van der Waals surface area contributed by atoms with E-state index in [1.54, 1.807) is 6.08 Å². The van der Waals surface area contributed by atoms with Crippen LogP contribution in [-0.4, -0.2) is 36.1 Å². The molecule has 0 saturated carbocycles. The van der Waals surface area contributed by atoms with E-state index < -0.39 is 6.10 Å². The SMILES string of the molecule is C=CCOc1ccc(NCC(O)CO)cc1. The van der Waals surface area contributed by atoms with Gasteiger partial charge < -0.3 is 20.3 Å². The first kappa shape index (κ1) is 12.5. The summed E-state index contributed by atoms with van der Waals surface area (Å²) in [5, 5.41) is 20.8. The summed E-state index contributed by atoms with van der Waals surface area (Å²) >= 11 is 0. The fourth-order valence-corrected chi connectivity index (χ4v) is 1.12. The van der Waals surface area contributed by atoms with Gasteiger partial charge in [0.2, 0.25) is 0 Å². The number of rotatable bonds is 7. The van der Waals surface area contributed by atoms with E-state index in [2.05, 4.69) is 11.9 Å². The second-order valence-corrected chi connectivity index (χ2v) is 3.34. The second-order valence-electron chi connectivity index (χ2n) is 3.34. The van der Waals surface area contributed by atoms with Crippen LogP contribution in [0.1, 0.15) is 0 Å². The molecule has 0 aliphatic carbocycles. The molecule has 0 aromatic heterocycles. The van der Waals surface area contributed by atoms with Gasteiger partial charge in [-0.25, -0.2) is 0 Å². The molecule has 3 N–H and O–H groups in total. The minimum absolute atomic E-state index is 0.243. The average molecular weight is 223 g/mol. The Morgan fingerprint density at radius 1 is 1.38 bits per heavy atom. The Hall–Kier alpha value is -1.52. The van der Waals surface area contributed by atoms with Crippen molar-refractivity contribution < 1.29 is 14.9 Å². The number of nitrogens with one attached hydrogen (secondary N) is 1. The van der Waals surface area contributed by atoms with Crippen LogP contribution in [0.15, 0.2) is 36.9 Å². The van der Waals surface area contributed by atoms with Gasteiger partial charge in [-0.1, -0.05) is 12.7 Å². The second kappa shape index (κ2) is 6.87. The number of hydrogen-bond acceptors (Lipinski definition) is 4. The molecule has 1 atom stereocenters. The lowest BCUT2D eigenvalue weighted by atomic mass is 10.3. The molecule has 1 rings (SSSR count). The first-order valence-corrected chi connectivity index (χ1v) is 5.13. The average Bonchev–Trinajstić information content (AvgIpc) is 2.34. The Morgan fingerprint density at radius 2 is 2.06 bits per heavy atom. The normalized spacial score (nSPS) is 11.9. The number of ether oxygens (including phenoxy) is 1. The standard InChI is InChI=1S/C12H17NO3/c1-2-7-16-12-5-3-10(4-6-12)13-8-11(15)9-14/h2-6,11,13-15H,1,7-9H2. The Kier molecular flexibility index (Phi) is 5.39. The van der Waals surface area contributed by atoms with Crippen LogP contribution in [0.2, 0.25) is 0 Å². The summed E-state index contributed by atoms with van der Waals surface area (Å²) in [7, 11) is 0. The van der Waals surface area contributed by atoms with Crippen molar-refractivity contribution in [3.8, 4) is 5.75 Å². The van der Waals surface area contributed by atoms with Gasteiger partial charge >= 0.3 is 0 Å². The highest BCUT2D eigenvalue weighted by Crippen LogP contribution is 2.15. The molecule has 0 aliphatic rings. The Labute approximate surface area is 95.2 Å². The zero-order chi connectivity index (χ0) is 11.8. The summed E-state index contributed by atoms with van der Waals surface area (Å²) in [5.74, 6) is 0.771. The monoisotopic (exact) mass is 223 g/mol. The Bertz CT molecular complexity index is 311. The molecule has 4 heteroatoms. The summed E-state index contributed by atoms with van der Waals surface area (Å²) in [5.41, 5.74) is 0.874. The van der Waals surface area contributed by atoms with E-state index in [0.717, 1.165) is 11.4 Å². The third kappa shape index (κ3) is 4.33. The minimum Gasteiger partial charge on any atom is -0.490 e. The van der Waals surface area contributed by atoms with Crippen molar-refractivity contribution in [2.24, 2.45) is 0 Å². The van der Waals surface area contributed by atoms with Crippen LogP contribution in [-0.2, 0) is 0 Å². The van der Waals surface area contributed by atoms with Crippen LogP contribution in [0.25, 0.3) is 0 Å². The molecule has 1 aromatic rings. The van der Waals surface area contributed by atoms with Gasteiger partial charge in [-0.05, 0) is 24.3 Å². The van der Waals surface area contributed by atoms with Crippen molar-refractivity contribution >= 4 is 5.69 Å². The summed E-state index contributed by atoms with van der Waals surface area (Å²) in [6.45, 7) is 4.13. The van der Waals surface area contributed by atoms with Crippen molar-refractivity contribution in [3.63, 3.8) is 0 Å². The number of aliphatic hydroxyl groups is 2. The van der Waals surface area contributed by atoms with Crippen molar-refractivity contribution in [1.82, 2.24) is 0 Å². The van der Waals surface area contributed by atoms with E-state index in [-0.39, 0.29) is 6.61 Å². The molecule has 0 radical (unpaired) electrons. The molecular weight excluding hydrogens is 206 g/mol. The molecule has 16 heavy (non-hydrogen) atoms. The molecule has 0 spiro atoms. The molecule has 1 unspecified atom stereocenters. The van der Waals surface area contributed by atoms with Gasteiger partial charge in [-0.3, -0.25) is 0 Å². The van der Waals surface area contributed by atoms with Crippen LogP contribution in [0.3, 0.4) is 0 Å². The van der Waals surface area contributed by atoms with E-state index in [0.29, 0.717) is 13.2 Å². The van der Waals surface area contributed by atoms with Crippen LogP contribution < -0.4 is 10.1 Å². The summed E-state index contributed by atoms with van der Waals surface area (Å²) in [6, 6.07) is 7.36. The maximum absolute atomic E-state index is 9.14. The maximum atomic E-state index is 9.14. The summed E-state index contributed by atoms with van der Waals surface area (Å²) in [4.78, 5) is 0. The summed E-state index contributed by atoms with van der Waals surface area (Å²) in [6.07, 6.45) is 0.945. The van der Waals surface area contributed by atoms with Gasteiger partial charge in [0.25, 0.3) is 0 Å². The highest BCUT2D eigenvalue weighted by molar-refractivity contribution is 5.46. The zero-order valence-corrected chi connectivity index (χ0v) is 9.10. The van der Waals surface area contributed by atoms with Crippen LogP contribution in [0.4, 0.5) is 5.69 Å². The van der Waals surface area contributed by atoms with Crippen LogP contribution >= 0.6 is 0 Å². The largest absolute Gasteiger partial charge is 0.490 e. The van der Waals surface area contributed by atoms with Crippen LogP contribution in [0.5, 0.6) is 5.75 Å². The molecule has 0 amide bonds. The molecule has 1 aromatic carbocycles. The number of anilines is 1. The Morgan fingerprint density at radius 3 is 2.62 bits per heavy atom. The Balaban J connectivity index is 2.41. The van der Waals surface area contributed by atoms with Gasteiger partial charge in [-0.2, -0.15) is 0 Å². The predicted octanol–water partition coefficient (Wildman–Crippen LogP) is 1.02. The third-order valence-electron chi connectivity index (χ3n) is 1.97. The van der Waals surface area contributed by atoms with E-state index in [1.165, 1.54) is 0 Å². The van der Waals surface area contributed by atoms with Crippen molar-refractivity contribution in [2.45, 2.75) is 6.10 Å². The van der Waals surface area contributed by atoms with Crippen LogP contribution in [0, 0.1) is 0 Å². The first-order chi connectivity index (χ1) is 7.76. The molecule has 88 valence electrons. The van der Waals surface area contributed by atoms with E-state index >= 15 is 0 Å². The zero-order valence-electron chi connectivity index (χ0n) is 9.10. The molecule has 0 bridgehead atoms. The molecule has 4 nitrogen and oxygen atoms in total. The van der Waals surface area contributed by atoms with E-state index in [4.69, 9.17) is 14.9 Å². The van der Waals surface area contributed by atoms with Gasteiger partial charge in [0.15, 0.2) is 0 Å². The van der Waals surface area contributed by atoms with Crippen molar-refractivity contribution in [2.75, 3.05) is 25.1 Å². The highest BCUT2D eigenvalue weighted by atomic mass is 16.5. The molecule has 0 aliphatic heterocycles. The molecule has 0 heterocycles. The smallest absolute Gasteiger partial charge is 0.119 e. The first-order valence-electron chi connectivity index (χ1n) is 5.13. The molecular formula is C12H17NO3. The minimum atomic E-state index is -0.739. The molecule has 0 fully saturated rings. The fraction of sp³-hybridized carbons (Fsp3) is 0.333. The lowest BCUT2D eigenvalue weighted by molar-refractivity contribution is 0.105. The third-order valence-corrected chi connectivity index (χ3v) is 1.97. The lowest BCUT2D eigenvalue weighted by Crippen LogP contribution is -2.22. The van der Waals surface area contributed by atoms with Crippen molar-refractivity contribution in [1.29, 1.82) is 0 Å². The fourth-order valence-electron chi connectivity index (χ4n) is 1.12.